The molecular formula is C9H12N2O3S2. The van der Waals surface area contributed by atoms with Crippen LogP contribution in [0.15, 0.2) is 21.7 Å². The molecule has 0 bridgehead atoms. The fourth-order valence-electron chi connectivity index (χ4n) is 1.53. The molecule has 1 fully saturated rings. The van der Waals surface area contributed by atoms with Crippen molar-refractivity contribution in [2.45, 2.75) is 10.6 Å². The Balaban J connectivity index is 2.32. The highest BCUT2D eigenvalue weighted by Crippen LogP contribution is 2.21. The van der Waals surface area contributed by atoms with Gasteiger partial charge in [0, 0.05) is 6.54 Å². The molecule has 0 aromatic carbocycles. The Labute approximate surface area is 98.1 Å². The van der Waals surface area contributed by atoms with E-state index in [2.05, 4.69) is 5.32 Å². The monoisotopic (exact) mass is 260 g/mol. The summed E-state index contributed by atoms with van der Waals surface area (Å²) in [4.78, 5) is 11.6. The minimum absolute atomic E-state index is 0.0879. The Hall–Kier alpha value is -0.920. The fraction of sp³-hybridized carbons (Fsp3) is 0.444. The molecule has 88 valence electrons. The fourth-order valence-corrected chi connectivity index (χ4v) is 4.07. The molecule has 7 heteroatoms. The predicted molar refractivity (Wildman–Crippen MR) is 60.7 cm³/mol. The van der Waals surface area contributed by atoms with Crippen LogP contribution in [-0.4, -0.2) is 38.3 Å². The van der Waals surface area contributed by atoms with E-state index in [1.807, 2.05) is 0 Å². The highest BCUT2D eigenvalue weighted by molar-refractivity contribution is 7.91. The summed E-state index contributed by atoms with van der Waals surface area (Å²) in [5.41, 5.74) is 0. The molecule has 0 spiro atoms. The summed E-state index contributed by atoms with van der Waals surface area (Å²) in [5.74, 6) is -0.383. The maximum absolute atomic E-state index is 12.1. The van der Waals surface area contributed by atoms with E-state index in [-0.39, 0.29) is 23.2 Å². The number of sulfonamides is 1. The van der Waals surface area contributed by atoms with Crippen LogP contribution in [0.5, 0.6) is 0 Å². The summed E-state index contributed by atoms with van der Waals surface area (Å²) in [6.45, 7) is 1.01. The maximum Gasteiger partial charge on any atom is 0.276 e. The second kappa shape index (κ2) is 4.52. The van der Waals surface area contributed by atoms with Crippen LogP contribution < -0.4 is 5.32 Å². The first-order valence-corrected chi connectivity index (χ1v) is 7.24. The Morgan fingerprint density at radius 3 is 2.94 bits per heavy atom. The lowest BCUT2D eigenvalue weighted by molar-refractivity contribution is -0.125. The van der Waals surface area contributed by atoms with Gasteiger partial charge in [-0.3, -0.25) is 4.79 Å². The van der Waals surface area contributed by atoms with E-state index < -0.39 is 10.0 Å². The lowest BCUT2D eigenvalue weighted by Gasteiger charge is -2.18. The number of carbonyl (C=O) groups excluding carboxylic acids is 1. The summed E-state index contributed by atoms with van der Waals surface area (Å²) in [7, 11) is -3.63. The van der Waals surface area contributed by atoms with Crippen molar-refractivity contribution in [1.82, 2.24) is 9.62 Å². The number of carbonyl (C=O) groups is 1. The predicted octanol–water partition coefficient (Wildman–Crippen LogP) is 0.259. The quantitative estimate of drug-likeness (QED) is 0.828. The van der Waals surface area contributed by atoms with Crippen LogP contribution in [0.4, 0.5) is 0 Å². The van der Waals surface area contributed by atoms with Gasteiger partial charge in [-0.25, -0.2) is 12.7 Å². The summed E-state index contributed by atoms with van der Waals surface area (Å²) < 4.78 is 25.4. The van der Waals surface area contributed by atoms with E-state index in [0.717, 1.165) is 15.6 Å². The molecule has 0 saturated carbocycles. The van der Waals surface area contributed by atoms with Crippen LogP contribution in [0, 0.1) is 0 Å². The largest absolute Gasteiger partial charge is 0.308 e. The van der Waals surface area contributed by atoms with Crippen molar-refractivity contribution < 1.29 is 13.2 Å². The van der Waals surface area contributed by atoms with Gasteiger partial charge in [0.1, 0.15) is 4.21 Å². The van der Waals surface area contributed by atoms with Crippen LogP contribution in [0.2, 0.25) is 0 Å². The topological polar surface area (TPSA) is 66.5 Å². The number of nitrogens with zero attached hydrogens (tertiary/aromatic N) is 1. The first-order valence-electron chi connectivity index (χ1n) is 4.92. The van der Waals surface area contributed by atoms with Gasteiger partial charge in [-0.1, -0.05) is 6.07 Å². The van der Waals surface area contributed by atoms with Gasteiger partial charge in [0.05, 0.1) is 6.54 Å². The SMILES string of the molecule is O=C1CNCCCN1S(=O)(=O)c1cccs1. The van der Waals surface area contributed by atoms with E-state index in [1.165, 1.54) is 6.07 Å². The molecule has 1 aromatic rings. The molecule has 2 rings (SSSR count). The van der Waals surface area contributed by atoms with Gasteiger partial charge < -0.3 is 5.32 Å². The molecular weight excluding hydrogens is 248 g/mol. The molecule has 0 unspecified atom stereocenters. The molecule has 16 heavy (non-hydrogen) atoms. The summed E-state index contributed by atoms with van der Waals surface area (Å²) >= 11 is 1.13. The van der Waals surface area contributed by atoms with E-state index >= 15 is 0 Å². The molecule has 1 aliphatic heterocycles. The molecule has 0 atom stereocenters. The molecule has 1 N–H and O–H groups in total. The van der Waals surface area contributed by atoms with Crippen molar-refractivity contribution in [3.05, 3.63) is 17.5 Å². The first kappa shape index (κ1) is 11.6. The van der Waals surface area contributed by atoms with Crippen LogP contribution in [0.25, 0.3) is 0 Å². The Morgan fingerprint density at radius 1 is 1.44 bits per heavy atom. The summed E-state index contributed by atoms with van der Waals surface area (Å²) in [5, 5.41) is 4.58. The molecule has 1 aromatic heterocycles. The van der Waals surface area contributed by atoms with E-state index in [4.69, 9.17) is 0 Å². The lowest BCUT2D eigenvalue weighted by Crippen LogP contribution is -2.39. The molecule has 1 amide bonds. The van der Waals surface area contributed by atoms with Crippen LogP contribution in [0.1, 0.15) is 6.42 Å². The zero-order valence-corrected chi connectivity index (χ0v) is 10.2. The van der Waals surface area contributed by atoms with Crippen LogP contribution >= 0.6 is 11.3 Å². The average molecular weight is 260 g/mol. The minimum atomic E-state index is -3.63. The van der Waals surface area contributed by atoms with Gasteiger partial charge >= 0.3 is 0 Å². The number of nitrogens with one attached hydrogen (secondary N) is 1. The molecule has 1 aliphatic rings. The normalized spacial score (nSPS) is 18.5. The smallest absolute Gasteiger partial charge is 0.276 e. The highest BCUT2D eigenvalue weighted by Gasteiger charge is 2.30. The zero-order valence-electron chi connectivity index (χ0n) is 8.55. The molecule has 0 aliphatic carbocycles. The van der Waals surface area contributed by atoms with Gasteiger partial charge in [-0.2, -0.15) is 0 Å². The van der Waals surface area contributed by atoms with E-state index in [1.54, 1.807) is 11.4 Å². The van der Waals surface area contributed by atoms with Crippen LogP contribution in [-0.2, 0) is 14.8 Å². The van der Waals surface area contributed by atoms with Gasteiger partial charge in [-0.15, -0.1) is 11.3 Å². The van der Waals surface area contributed by atoms with Crippen molar-refractivity contribution in [1.29, 1.82) is 0 Å². The van der Waals surface area contributed by atoms with E-state index in [0.29, 0.717) is 13.0 Å². The van der Waals surface area contributed by atoms with Gasteiger partial charge in [0.25, 0.3) is 10.0 Å². The second-order valence-electron chi connectivity index (χ2n) is 3.43. The Kier molecular flexibility index (Phi) is 3.27. The average Bonchev–Trinajstić information content (AvgIpc) is 2.69. The molecule has 2 heterocycles. The highest BCUT2D eigenvalue weighted by atomic mass is 32.2. The Morgan fingerprint density at radius 2 is 2.25 bits per heavy atom. The Bertz CT molecular complexity index is 467. The number of thiophene rings is 1. The summed E-state index contributed by atoms with van der Waals surface area (Å²) in [6.07, 6.45) is 0.649. The minimum Gasteiger partial charge on any atom is -0.308 e. The second-order valence-corrected chi connectivity index (χ2v) is 6.47. The van der Waals surface area contributed by atoms with Crippen molar-refractivity contribution in [3.8, 4) is 0 Å². The number of hydrogen-bond donors (Lipinski definition) is 1. The zero-order chi connectivity index (χ0) is 11.6. The molecule has 0 radical (unpaired) electrons. The lowest BCUT2D eigenvalue weighted by atomic mass is 10.4. The third-order valence-electron chi connectivity index (χ3n) is 2.31. The third kappa shape index (κ3) is 2.11. The van der Waals surface area contributed by atoms with Crippen LogP contribution in [0.3, 0.4) is 0 Å². The maximum atomic E-state index is 12.1. The van der Waals surface area contributed by atoms with Gasteiger partial charge in [0.2, 0.25) is 5.91 Å². The first-order chi connectivity index (χ1) is 7.62. The number of amides is 1. The van der Waals surface area contributed by atoms with Crippen molar-refractivity contribution >= 4 is 27.3 Å². The standard InChI is InChI=1S/C9H12N2O3S2/c12-8-7-10-4-2-5-11(8)16(13,14)9-3-1-6-15-9/h1,3,6,10H,2,4-5,7H2. The number of rotatable bonds is 2. The molecule has 1 saturated heterocycles. The van der Waals surface area contributed by atoms with Crippen molar-refractivity contribution in [3.63, 3.8) is 0 Å². The number of hydrogen-bond acceptors (Lipinski definition) is 5. The van der Waals surface area contributed by atoms with Crippen molar-refractivity contribution in [2.24, 2.45) is 0 Å². The van der Waals surface area contributed by atoms with E-state index in [9.17, 15) is 13.2 Å². The molecule has 5 nitrogen and oxygen atoms in total. The third-order valence-corrected chi connectivity index (χ3v) is 5.50. The van der Waals surface area contributed by atoms with Gasteiger partial charge in [-0.05, 0) is 24.4 Å². The van der Waals surface area contributed by atoms with Gasteiger partial charge in [0.15, 0.2) is 0 Å². The summed E-state index contributed by atoms with van der Waals surface area (Å²) in [6, 6.07) is 3.18. The van der Waals surface area contributed by atoms with Crippen molar-refractivity contribution in [2.75, 3.05) is 19.6 Å².